The van der Waals surface area contributed by atoms with E-state index in [1.54, 1.807) is 24.3 Å². The Labute approximate surface area is 152 Å². The number of nitrogens with zero attached hydrogens (tertiary/aromatic N) is 1. The first-order valence-electron chi connectivity index (χ1n) is 7.40. The highest BCUT2D eigenvalue weighted by Crippen LogP contribution is 2.25. The van der Waals surface area contributed by atoms with Crippen molar-refractivity contribution in [3.8, 4) is 5.75 Å². The molecule has 8 heteroatoms. The lowest BCUT2D eigenvalue weighted by atomic mass is 10.2. The molecular weight excluding hydrogens is 364 g/mol. The number of rotatable bonds is 6. The van der Waals surface area contributed by atoms with Crippen LogP contribution in [0.2, 0.25) is 5.02 Å². The molecule has 0 aliphatic heterocycles. The Bertz CT molecular complexity index is 884. The minimum atomic E-state index is -3.78. The molecule has 2 aromatic rings. The number of sulfonamides is 1. The van der Waals surface area contributed by atoms with E-state index in [1.165, 1.54) is 43.7 Å². The number of hydrogen-bond donors (Lipinski definition) is 1. The molecule has 0 unspecified atom stereocenters. The molecule has 0 aromatic heterocycles. The Hall–Kier alpha value is -2.09. The van der Waals surface area contributed by atoms with Gasteiger partial charge in [-0.2, -0.15) is 4.31 Å². The Morgan fingerprint density at radius 2 is 1.96 bits per heavy atom. The molecule has 0 fully saturated rings. The zero-order valence-electron chi connectivity index (χ0n) is 14.1. The highest BCUT2D eigenvalue weighted by atomic mass is 35.5. The van der Waals surface area contributed by atoms with Crippen LogP contribution in [-0.2, 0) is 16.6 Å². The summed E-state index contributed by atoms with van der Waals surface area (Å²) in [4.78, 5) is 12.0. The lowest BCUT2D eigenvalue weighted by Crippen LogP contribution is -2.27. The first-order chi connectivity index (χ1) is 11.8. The number of methoxy groups -OCH3 is 1. The molecule has 1 amide bonds. The second-order valence-electron chi connectivity index (χ2n) is 5.33. The summed E-state index contributed by atoms with van der Waals surface area (Å²) in [6.07, 6.45) is 0. The van der Waals surface area contributed by atoms with Gasteiger partial charge in [-0.3, -0.25) is 4.79 Å². The molecule has 0 aliphatic carbocycles. The van der Waals surface area contributed by atoms with Gasteiger partial charge >= 0.3 is 0 Å². The SMILES string of the molecule is CNC(=O)c1cc(S(=O)(=O)N(C)Cc2cccc(Cl)c2)ccc1OC. The molecule has 0 radical (unpaired) electrons. The molecule has 0 heterocycles. The zero-order valence-corrected chi connectivity index (χ0v) is 15.7. The van der Waals surface area contributed by atoms with Crippen molar-refractivity contribution in [3.05, 3.63) is 58.6 Å². The predicted molar refractivity (Wildman–Crippen MR) is 96.5 cm³/mol. The smallest absolute Gasteiger partial charge is 0.254 e. The third-order valence-electron chi connectivity index (χ3n) is 3.65. The van der Waals surface area contributed by atoms with Crippen molar-refractivity contribution in [2.75, 3.05) is 21.2 Å². The summed E-state index contributed by atoms with van der Waals surface area (Å²) in [6.45, 7) is 0.157. The van der Waals surface area contributed by atoms with Crippen LogP contribution in [-0.4, -0.2) is 39.8 Å². The van der Waals surface area contributed by atoms with Crippen molar-refractivity contribution in [1.82, 2.24) is 9.62 Å². The van der Waals surface area contributed by atoms with Crippen molar-refractivity contribution >= 4 is 27.5 Å². The van der Waals surface area contributed by atoms with E-state index in [0.29, 0.717) is 10.8 Å². The van der Waals surface area contributed by atoms with Crippen LogP contribution in [0.25, 0.3) is 0 Å². The molecule has 0 saturated carbocycles. The van der Waals surface area contributed by atoms with E-state index in [1.807, 2.05) is 0 Å². The van der Waals surface area contributed by atoms with Crippen molar-refractivity contribution in [2.45, 2.75) is 11.4 Å². The Morgan fingerprint density at radius 3 is 2.56 bits per heavy atom. The summed E-state index contributed by atoms with van der Waals surface area (Å²) in [6, 6.07) is 11.2. The number of ether oxygens (including phenoxy) is 1. The third-order valence-corrected chi connectivity index (χ3v) is 5.68. The van der Waals surface area contributed by atoms with Crippen LogP contribution < -0.4 is 10.1 Å². The third kappa shape index (κ3) is 4.31. The van der Waals surface area contributed by atoms with Crippen LogP contribution in [0, 0.1) is 0 Å². The normalized spacial score (nSPS) is 11.4. The van der Waals surface area contributed by atoms with Gasteiger partial charge in [0.1, 0.15) is 5.75 Å². The first kappa shape index (κ1) is 19.2. The highest BCUT2D eigenvalue weighted by molar-refractivity contribution is 7.89. The fraction of sp³-hybridized carbons (Fsp3) is 0.235. The van der Waals surface area contributed by atoms with Crippen molar-refractivity contribution in [1.29, 1.82) is 0 Å². The Balaban J connectivity index is 2.36. The van der Waals surface area contributed by atoms with Gasteiger partial charge in [-0.25, -0.2) is 8.42 Å². The van der Waals surface area contributed by atoms with Crippen molar-refractivity contribution < 1.29 is 17.9 Å². The number of halogens is 1. The fourth-order valence-electron chi connectivity index (χ4n) is 2.32. The molecule has 0 saturated heterocycles. The zero-order chi connectivity index (χ0) is 18.6. The molecule has 134 valence electrons. The van der Waals surface area contributed by atoms with Crippen LogP contribution in [0.5, 0.6) is 5.75 Å². The van der Waals surface area contributed by atoms with E-state index >= 15 is 0 Å². The number of amides is 1. The maximum Gasteiger partial charge on any atom is 0.254 e. The standard InChI is InChI=1S/C17H19ClN2O4S/c1-19-17(21)15-10-14(7-8-16(15)24-3)25(22,23)20(2)11-12-5-4-6-13(18)9-12/h4-10H,11H2,1-3H3,(H,19,21). The van der Waals surface area contributed by atoms with Gasteiger partial charge < -0.3 is 10.1 Å². The van der Waals surface area contributed by atoms with Crippen molar-refractivity contribution in [3.63, 3.8) is 0 Å². The van der Waals surface area contributed by atoms with Gasteiger partial charge in [-0.15, -0.1) is 0 Å². The van der Waals surface area contributed by atoms with E-state index in [0.717, 1.165) is 5.56 Å². The van der Waals surface area contributed by atoms with Crippen LogP contribution in [0.3, 0.4) is 0 Å². The highest BCUT2D eigenvalue weighted by Gasteiger charge is 2.24. The van der Waals surface area contributed by atoms with Gasteiger partial charge in [-0.1, -0.05) is 23.7 Å². The number of carbonyl (C=O) groups excluding carboxylic acids is 1. The van der Waals surface area contributed by atoms with Crippen molar-refractivity contribution in [2.24, 2.45) is 0 Å². The van der Waals surface area contributed by atoms with E-state index in [9.17, 15) is 13.2 Å². The average molecular weight is 383 g/mol. The quantitative estimate of drug-likeness (QED) is 0.833. The van der Waals surface area contributed by atoms with E-state index in [-0.39, 0.29) is 17.0 Å². The summed E-state index contributed by atoms with van der Waals surface area (Å²) in [5.41, 5.74) is 0.917. The van der Waals surface area contributed by atoms with E-state index in [2.05, 4.69) is 5.32 Å². The summed E-state index contributed by atoms with van der Waals surface area (Å²) >= 11 is 5.94. The minimum absolute atomic E-state index is 0.0106. The summed E-state index contributed by atoms with van der Waals surface area (Å²) < 4.78 is 31.9. The van der Waals surface area contributed by atoms with E-state index < -0.39 is 15.9 Å². The lowest BCUT2D eigenvalue weighted by molar-refractivity contribution is 0.0960. The molecule has 0 atom stereocenters. The summed E-state index contributed by atoms with van der Waals surface area (Å²) in [5, 5.41) is 3.00. The van der Waals surface area contributed by atoms with E-state index in [4.69, 9.17) is 16.3 Å². The average Bonchev–Trinajstić information content (AvgIpc) is 2.60. The molecule has 25 heavy (non-hydrogen) atoms. The Morgan fingerprint density at radius 1 is 1.24 bits per heavy atom. The van der Waals surface area contributed by atoms with Gasteiger partial charge in [0.15, 0.2) is 0 Å². The maximum absolute atomic E-state index is 12.8. The van der Waals surface area contributed by atoms with Crippen LogP contribution in [0.4, 0.5) is 0 Å². The summed E-state index contributed by atoms with van der Waals surface area (Å²) in [5.74, 6) is -0.123. The molecular formula is C17H19ClN2O4S. The summed E-state index contributed by atoms with van der Waals surface area (Å²) in [7, 11) is 0.572. The lowest BCUT2D eigenvalue weighted by Gasteiger charge is -2.18. The fourth-order valence-corrected chi connectivity index (χ4v) is 3.72. The molecule has 0 aliphatic rings. The minimum Gasteiger partial charge on any atom is -0.496 e. The Kier molecular flexibility index (Phi) is 6.05. The molecule has 6 nitrogen and oxygen atoms in total. The molecule has 0 spiro atoms. The second-order valence-corrected chi connectivity index (χ2v) is 7.81. The molecule has 1 N–H and O–H groups in total. The molecule has 2 aromatic carbocycles. The predicted octanol–water partition coefficient (Wildman–Crippen LogP) is 2.53. The number of nitrogens with one attached hydrogen (secondary N) is 1. The monoisotopic (exact) mass is 382 g/mol. The number of hydrogen-bond acceptors (Lipinski definition) is 4. The van der Waals surface area contributed by atoms with Crippen LogP contribution in [0.1, 0.15) is 15.9 Å². The van der Waals surface area contributed by atoms with Gasteiger partial charge in [0.2, 0.25) is 10.0 Å². The molecule has 2 rings (SSSR count). The number of carbonyl (C=O) groups is 1. The second kappa shape index (κ2) is 7.86. The van der Waals surface area contributed by atoms with Crippen LogP contribution in [0.15, 0.2) is 47.4 Å². The van der Waals surface area contributed by atoms with Gasteiger partial charge in [0.05, 0.1) is 17.6 Å². The largest absolute Gasteiger partial charge is 0.496 e. The van der Waals surface area contributed by atoms with Gasteiger partial charge in [0, 0.05) is 25.7 Å². The van der Waals surface area contributed by atoms with Gasteiger partial charge in [0.25, 0.3) is 5.91 Å². The topological polar surface area (TPSA) is 75.7 Å². The first-order valence-corrected chi connectivity index (χ1v) is 9.22. The maximum atomic E-state index is 12.8. The van der Waals surface area contributed by atoms with Crippen LogP contribution >= 0.6 is 11.6 Å². The van der Waals surface area contributed by atoms with Gasteiger partial charge in [-0.05, 0) is 35.9 Å². The number of benzene rings is 2. The molecule has 0 bridgehead atoms.